The van der Waals surface area contributed by atoms with Crippen LogP contribution in [0.2, 0.25) is 0 Å². The zero-order valence-corrected chi connectivity index (χ0v) is 9.73. The molecule has 0 aromatic carbocycles. The maximum atomic E-state index is 3.60. The smallest absolute Gasteiger partial charge is 0.00651 e. The lowest BCUT2D eigenvalue weighted by Gasteiger charge is -2.18. The molecule has 70 valence electrons. The summed E-state index contributed by atoms with van der Waals surface area (Å²) >= 11 is 3.60. The molecule has 0 saturated carbocycles. The van der Waals surface area contributed by atoms with Gasteiger partial charge in [0.25, 0.3) is 0 Å². The van der Waals surface area contributed by atoms with Gasteiger partial charge in [0.05, 0.1) is 0 Å². The first-order valence-corrected chi connectivity index (χ1v) is 6.10. The normalized spacial score (nSPS) is 19.8. The maximum absolute atomic E-state index is 3.60. The van der Waals surface area contributed by atoms with Crippen LogP contribution in [-0.2, 0) is 0 Å². The van der Waals surface area contributed by atoms with Gasteiger partial charge in [-0.05, 0) is 37.5 Å². The Hall–Kier alpha value is 0.220. The summed E-state index contributed by atoms with van der Waals surface area (Å²) in [5, 5.41) is 1.15. The summed E-state index contributed by atoms with van der Waals surface area (Å²) in [6.45, 7) is 4.64. The van der Waals surface area contributed by atoms with Crippen molar-refractivity contribution in [2.45, 2.75) is 39.5 Å². The third-order valence-corrected chi connectivity index (χ3v) is 3.63. The number of allylic oxidation sites excluding steroid dienone is 2. The van der Waals surface area contributed by atoms with Crippen molar-refractivity contribution < 1.29 is 0 Å². The molecule has 0 bridgehead atoms. The van der Waals surface area contributed by atoms with Gasteiger partial charge >= 0.3 is 0 Å². The highest BCUT2D eigenvalue weighted by atomic mass is 79.9. The van der Waals surface area contributed by atoms with Gasteiger partial charge in [0.1, 0.15) is 0 Å². The number of rotatable bonds is 4. The summed E-state index contributed by atoms with van der Waals surface area (Å²) in [5.74, 6) is 1.65. The Morgan fingerprint density at radius 2 is 2.25 bits per heavy atom. The van der Waals surface area contributed by atoms with E-state index in [0.29, 0.717) is 0 Å². The molecule has 0 fully saturated rings. The van der Waals surface area contributed by atoms with Crippen molar-refractivity contribution in [2.24, 2.45) is 11.8 Å². The molecule has 0 aliphatic heterocycles. The van der Waals surface area contributed by atoms with Crippen LogP contribution in [0.15, 0.2) is 11.6 Å². The molecular formula is C11H19Br. The van der Waals surface area contributed by atoms with E-state index in [1.54, 1.807) is 5.57 Å². The van der Waals surface area contributed by atoms with E-state index in [0.717, 1.165) is 17.2 Å². The van der Waals surface area contributed by atoms with E-state index in [-0.39, 0.29) is 0 Å². The van der Waals surface area contributed by atoms with Crippen LogP contribution >= 0.6 is 15.9 Å². The number of halogens is 1. The Morgan fingerprint density at radius 1 is 1.50 bits per heavy atom. The minimum absolute atomic E-state index is 0.811. The third-order valence-electron chi connectivity index (χ3n) is 2.80. The van der Waals surface area contributed by atoms with Gasteiger partial charge in [0.2, 0.25) is 0 Å². The fraction of sp³-hybridized carbons (Fsp3) is 0.818. The van der Waals surface area contributed by atoms with Crippen LogP contribution in [0, 0.1) is 11.8 Å². The molecule has 1 aliphatic carbocycles. The average Bonchev–Trinajstić information content (AvgIpc) is 2.51. The van der Waals surface area contributed by atoms with E-state index in [2.05, 4.69) is 35.9 Å². The molecule has 0 nitrogen and oxygen atoms in total. The molecule has 12 heavy (non-hydrogen) atoms. The van der Waals surface area contributed by atoms with Crippen LogP contribution in [0.3, 0.4) is 0 Å². The Labute approximate surface area is 84.6 Å². The van der Waals surface area contributed by atoms with Crippen LogP contribution in [0.25, 0.3) is 0 Å². The molecule has 1 atom stereocenters. The molecule has 0 N–H and O–H groups in total. The van der Waals surface area contributed by atoms with Gasteiger partial charge in [0.15, 0.2) is 0 Å². The summed E-state index contributed by atoms with van der Waals surface area (Å²) in [6.07, 6.45) is 7.84. The molecule has 0 saturated heterocycles. The van der Waals surface area contributed by atoms with Crippen LogP contribution < -0.4 is 0 Å². The standard InChI is InChI=1S/C11H19Br/c1-9(2)11(8-12)7-10-5-3-4-6-10/h5,9,11H,3-4,6-8H2,1-2H3. The molecule has 0 aromatic rings. The first kappa shape index (κ1) is 10.3. The Morgan fingerprint density at radius 3 is 2.67 bits per heavy atom. The number of hydrogen-bond donors (Lipinski definition) is 0. The molecule has 1 rings (SSSR count). The van der Waals surface area contributed by atoms with Crippen LogP contribution in [0.1, 0.15) is 39.5 Å². The second kappa shape index (κ2) is 5.06. The highest BCUT2D eigenvalue weighted by molar-refractivity contribution is 9.09. The molecule has 0 radical (unpaired) electrons. The quantitative estimate of drug-likeness (QED) is 0.503. The lowest BCUT2D eigenvalue weighted by Crippen LogP contribution is -2.10. The van der Waals surface area contributed by atoms with Crippen molar-refractivity contribution in [3.8, 4) is 0 Å². The third kappa shape index (κ3) is 2.93. The molecule has 1 aliphatic rings. The Balaban J connectivity index is 2.36. The van der Waals surface area contributed by atoms with E-state index in [1.165, 1.54) is 25.7 Å². The predicted molar refractivity (Wildman–Crippen MR) is 58.7 cm³/mol. The zero-order valence-electron chi connectivity index (χ0n) is 8.15. The minimum atomic E-state index is 0.811. The van der Waals surface area contributed by atoms with Crippen LogP contribution in [-0.4, -0.2) is 5.33 Å². The lowest BCUT2D eigenvalue weighted by atomic mass is 9.91. The van der Waals surface area contributed by atoms with Gasteiger partial charge in [-0.2, -0.15) is 0 Å². The summed E-state index contributed by atoms with van der Waals surface area (Å²) < 4.78 is 0. The van der Waals surface area contributed by atoms with Crippen molar-refractivity contribution in [3.63, 3.8) is 0 Å². The Bertz CT molecular complexity index is 158. The second-order valence-corrected chi connectivity index (χ2v) is 4.76. The predicted octanol–water partition coefficient (Wildman–Crippen LogP) is 4.15. The highest BCUT2D eigenvalue weighted by Crippen LogP contribution is 2.28. The highest BCUT2D eigenvalue weighted by Gasteiger charge is 2.15. The second-order valence-electron chi connectivity index (χ2n) is 4.12. The van der Waals surface area contributed by atoms with Gasteiger partial charge in [-0.15, -0.1) is 0 Å². The molecule has 0 aromatic heterocycles. The van der Waals surface area contributed by atoms with Crippen molar-refractivity contribution >= 4 is 15.9 Å². The summed E-state index contributed by atoms with van der Waals surface area (Å²) in [4.78, 5) is 0. The average molecular weight is 231 g/mol. The molecule has 1 unspecified atom stereocenters. The summed E-state index contributed by atoms with van der Waals surface area (Å²) in [7, 11) is 0. The SMILES string of the molecule is CC(C)C(CBr)CC1=CCCC1. The minimum Gasteiger partial charge on any atom is -0.0925 e. The largest absolute Gasteiger partial charge is 0.0925 e. The fourth-order valence-corrected chi connectivity index (χ4v) is 2.70. The van der Waals surface area contributed by atoms with E-state index in [4.69, 9.17) is 0 Å². The maximum Gasteiger partial charge on any atom is 0.00651 e. The van der Waals surface area contributed by atoms with E-state index >= 15 is 0 Å². The van der Waals surface area contributed by atoms with E-state index in [1.807, 2.05) is 0 Å². The van der Waals surface area contributed by atoms with Gasteiger partial charge in [-0.1, -0.05) is 41.4 Å². The fourth-order valence-electron chi connectivity index (χ4n) is 1.73. The molecule has 1 heteroatoms. The number of alkyl halides is 1. The molecule has 0 amide bonds. The molecule has 0 heterocycles. The Kier molecular flexibility index (Phi) is 4.34. The molecular weight excluding hydrogens is 212 g/mol. The van der Waals surface area contributed by atoms with Crippen molar-refractivity contribution in [2.75, 3.05) is 5.33 Å². The topological polar surface area (TPSA) is 0 Å². The van der Waals surface area contributed by atoms with E-state index < -0.39 is 0 Å². The first-order chi connectivity index (χ1) is 5.74. The van der Waals surface area contributed by atoms with Crippen molar-refractivity contribution in [1.29, 1.82) is 0 Å². The monoisotopic (exact) mass is 230 g/mol. The zero-order chi connectivity index (χ0) is 8.97. The van der Waals surface area contributed by atoms with Crippen molar-refractivity contribution in [3.05, 3.63) is 11.6 Å². The van der Waals surface area contributed by atoms with Crippen molar-refractivity contribution in [1.82, 2.24) is 0 Å². The van der Waals surface area contributed by atoms with E-state index in [9.17, 15) is 0 Å². The molecule has 0 spiro atoms. The summed E-state index contributed by atoms with van der Waals surface area (Å²) in [6, 6.07) is 0. The number of hydrogen-bond acceptors (Lipinski definition) is 0. The van der Waals surface area contributed by atoms with Gasteiger partial charge in [-0.3, -0.25) is 0 Å². The first-order valence-electron chi connectivity index (χ1n) is 4.98. The van der Waals surface area contributed by atoms with Gasteiger partial charge < -0.3 is 0 Å². The van der Waals surface area contributed by atoms with Gasteiger partial charge in [0, 0.05) is 5.33 Å². The van der Waals surface area contributed by atoms with Gasteiger partial charge in [-0.25, -0.2) is 0 Å². The van der Waals surface area contributed by atoms with Crippen LogP contribution in [0.4, 0.5) is 0 Å². The van der Waals surface area contributed by atoms with Crippen LogP contribution in [0.5, 0.6) is 0 Å². The summed E-state index contributed by atoms with van der Waals surface area (Å²) in [5.41, 5.74) is 1.70. The lowest BCUT2D eigenvalue weighted by molar-refractivity contribution is 0.423.